The number of fused-ring (bicyclic) bond motifs is 2. The Morgan fingerprint density at radius 1 is 1.00 bits per heavy atom. The van der Waals surface area contributed by atoms with Crippen LogP contribution in [0, 0.1) is 5.82 Å². The minimum absolute atomic E-state index is 0.0347. The summed E-state index contributed by atoms with van der Waals surface area (Å²) in [6.07, 6.45) is 6.34. The van der Waals surface area contributed by atoms with E-state index in [2.05, 4.69) is 30.5 Å². The van der Waals surface area contributed by atoms with Gasteiger partial charge in [0.05, 0.1) is 30.2 Å². The third kappa shape index (κ3) is 4.70. The normalized spacial score (nSPS) is 11.3. The smallest absolute Gasteiger partial charge is 0.224 e. The quantitative estimate of drug-likeness (QED) is 0.216. The maximum absolute atomic E-state index is 14.3. The second kappa shape index (κ2) is 10.0. The fraction of sp³-hybridized carbons (Fsp3) is 0.133. The van der Waals surface area contributed by atoms with Gasteiger partial charge in [0.1, 0.15) is 22.9 Å². The number of halogens is 1. The van der Waals surface area contributed by atoms with Gasteiger partial charge in [0.2, 0.25) is 5.91 Å². The summed E-state index contributed by atoms with van der Waals surface area (Å²) < 4.78 is 19.5. The summed E-state index contributed by atoms with van der Waals surface area (Å²) in [5, 5.41) is 12.3. The number of ether oxygens (including phenoxy) is 1. The molecule has 0 spiro atoms. The molecule has 39 heavy (non-hydrogen) atoms. The zero-order chi connectivity index (χ0) is 26.9. The van der Waals surface area contributed by atoms with Crippen LogP contribution in [0.25, 0.3) is 55.6 Å². The maximum Gasteiger partial charge on any atom is 0.224 e. The molecule has 0 aliphatic rings. The lowest BCUT2D eigenvalue weighted by molar-refractivity contribution is -0.116. The lowest BCUT2D eigenvalue weighted by Crippen LogP contribution is -2.10. The van der Waals surface area contributed by atoms with Gasteiger partial charge in [-0.25, -0.2) is 9.37 Å². The molecule has 0 saturated heterocycles. The van der Waals surface area contributed by atoms with Crippen molar-refractivity contribution in [2.45, 2.75) is 19.8 Å². The summed E-state index contributed by atoms with van der Waals surface area (Å²) in [4.78, 5) is 24.2. The highest BCUT2D eigenvalue weighted by Gasteiger charge is 2.16. The Morgan fingerprint density at radius 3 is 2.74 bits per heavy atom. The number of aromatic nitrogens is 5. The number of aromatic amines is 2. The molecule has 0 aliphatic heterocycles. The van der Waals surface area contributed by atoms with Crippen molar-refractivity contribution in [2.24, 2.45) is 0 Å². The molecular formula is C30H25FN6O2. The van der Waals surface area contributed by atoms with Gasteiger partial charge in [-0.15, -0.1) is 0 Å². The van der Waals surface area contributed by atoms with Crippen LogP contribution in [-0.2, 0) is 4.79 Å². The highest BCUT2D eigenvalue weighted by atomic mass is 19.1. The molecule has 0 radical (unpaired) electrons. The van der Waals surface area contributed by atoms with Gasteiger partial charge < -0.3 is 15.0 Å². The topological polar surface area (TPSA) is 109 Å². The number of nitrogens with one attached hydrogen (secondary N) is 3. The average molecular weight is 521 g/mol. The minimum Gasteiger partial charge on any atom is -0.497 e. The third-order valence-corrected chi connectivity index (χ3v) is 6.60. The summed E-state index contributed by atoms with van der Waals surface area (Å²) >= 11 is 0. The Kier molecular flexibility index (Phi) is 6.24. The summed E-state index contributed by atoms with van der Waals surface area (Å²) in [6, 6.07) is 16.4. The Labute approximate surface area is 223 Å². The van der Waals surface area contributed by atoms with Crippen LogP contribution >= 0.6 is 0 Å². The molecule has 8 nitrogen and oxygen atoms in total. The van der Waals surface area contributed by atoms with Gasteiger partial charge in [0, 0.05) is 41.2 Å². The van der Waals surface area contributed by atoms with Crippen molar-refractivity contribution >= 4 is 33.5 Å². The van der Waals surface area contributed by atoms with Crippen molar-refractivity contribution in [3.05, 3.63) is 79.0 Å². The number of carbonyl (C=O) groups excluding carboxylic acids is 1. The number of carbonyl (C=O) groups is 1. The molecule has 2 aromatic carbocycles. The fourth-order valence-electron chi connectivity index (χ4n) is 4.76. The van der Waals surface area contributed by atoms with E-state index >= 15 is 0 Å². The molecule has 0 unspecified atom stereocenters. The van der Waals surface area contributed by atoms with Gasteiger partial charge in [-0.05, 0) is 65.6 Å². The Morgan fingerprint density at radius 2 is 1.90 bits per heavy atom. The first kappa shape index (κ1) is 24.3. The highest BCUT2D eigenvalue weighted by Crippen LogP contribution is 2.36. The predicted molar refractivity (Wildman–Crippen MR) is 150 cm³/mol. The molecular weight excluding hydrogens is 495 g/mol. The number of benzene rings is 2. The first-order valence-electron chi connectivity index (χ1n) is 12.6. The van der Waals surface area contributed by atoms with Gasteiger partial charge in [0.15, 0.2) is 0 Å². The van der Waals surface area contributed by atoms with E-state index in [1.165, 1.54) is 19.2 Å². The van der Waals surface area contributed by atoms with E-state index in [0.717, 1.165) is 50.8 Å². The van der Waals surface area contributed by atoms with Gasteiger partial charge in [-0.1, -0.05) is 13.0 Å². The molecule has 9 heteroatoms. The number of pyridine rings is 2. The molecule has 0 fully saturated rings. The minimum atomic E-state index is -0.376. The van der Waals surface area contributed by atoms with E-state index in [9.17, 15) is 9.18 Å². The monoisotopic (exact) mass is 520 g/mol. The lowest BCUT2D eigenvalue weighted by Gasteiger charge is -2.07. The van der Waals surface area contributed by atoms with Crippen molar-refractivity contribution in [3.8, 4) is 39.4 Å². The third-order valence-electron chi connectivity index (χ3n) is 6.60. The Hall–Kier alpha value is -5.05. The molecule has 3 N–H and O–H groups in total. The Balaban J connectivity index is 1.40. The second-order valence-corrected chi connectivity index (χ2v) is 9.28. The van der Waals surface area contributed by atoms with E-state index in [0.29, 0.717) is 29.1 Å². The molecule has 0 saturated carbocycles. The van der Waals surface area contributed by atoms with Crippen LogP contribution < -0.4 is 10.1 Å². The van der Waals surface area contributed by atoms with Crippen LogP contribution in [0.15, 0.2) is 73.2 Å². The summed E-state index contributed by atoms with van der Waals surface area (Å²) in [6.45, 7) is 1.97. The van der Waals surface area contributed by atoms with Crippen LogP contribution in [0.3, 0.4) is 0 Å². The van der Waals surface area contributed by atoms with Crippen molar-refractivity contribution in [1.82, 2.24) is 25.1 Å². The Bertz CT molecular complexity index is 1840. The molecule has 6 rings (SSSR count). The highest BCUT2D eigenvalue weighted by molar-refractivity contribution is 6.01. The number of hydrogen-bond donors (Lipinski definition) is 3. The second-order valence-electron chi connectivity index (χ2n) is 9.28. The van der Waals surface area contributed by atoms with Crippen LogP contribution in [0.1, 0.15) is 19.8 Å². The van der Waals surface area contributed by atoms with Gasteiger partial charge in [0.25, 0.3) is 0 Å². The molecule has 1 amide bonds. The number of nitrogens with zero attached hydrogens (tertiary/aromatic N) is 3. The van der Waals surface area contributed by atoms with E-state index < -0.39 is 0 Å². The van der Waals surface area contributed by atoms with Crippen LogP contribution in [0.4, 0.5) is 10.1 Å². The van der Waals surface area contributed by atoms with Crippen LogP contribution in [-0.4, -0.2) is 38.2 Å². The maximum atomic E-state index is 14.3. The summed E-state index contributed by atoms with van der Waals surface area (Å²) in [5.74, 6) is 0.0342. The predicted octanol–water partition coefficient (Wildman–Crippen LogP) is 6.72. The lowest BCUT2D eigenvalue weighted by atomic mass is 10.0. The van der Waals surface area contributed by atoms with E-state index in [1.807, 2.05) is 43.3 Å². The summed E-state index contributed by atoms with van der Waals surface area (Å²) in [7, 11) is 1.51. The fourth-order valence-corrected chi connectivity index (χ4v) is 4.76. The number of anilines is 1. The number of rotatable bonds is 7. The zero-order valence-electron chi connectivity index (χ0n) is 21.4. The molecule has 0 atom stereocenters. The molecule has 0 aliphatic carbocycles. The number of hydrogen-bond acceptors (Lipinski definition) is 5. The standard InChI is InChI=1S/C30H25FN6O2/c1-3-4-28(38)34-21-10-19(15-32-16-21)17-5-6-26-25(12-17)29(37-36-26)27-14-24-23(7-8-33-30(24)35-27)18-9-20(31)13-22(11-18)39-2/h5-16H,3-4H2,1-2H3,(H,33,35)(H,34,38)(H,36,37). The van der Waals surface area contributed by atoms with E-state index in [1.54, 1.807) is 24.7 Å². The first-order chi connectivity index (χ1) is 19.0. The number of methoxy groups -OCH3 is 1. The summed E-state index contributed by atoms with van der Waals surface area (Å²) in [5.41, 5.74) is 7.02. The van der Waals surface area contributed by atoms with Crippen molar-refractivity contribution in [2.75, 3.05) is 12.4 Å². The average Bonchev–Trinajstić information content (AvgIpc) is 3.56. The molecule has 4 aromatic heterocycles. The van der Waals surface area contributed by atoms with Gasteiger partial charge in [-0.3, -0.25) is 14.9 Å². The van der Waals surface area contributed by atoms with Gasteiger partial charge >= 0.3 is 0 Å². The van der Waals surface area contributed by atoms with Crippen molar-refractivity contribution in [3.63, 3.8) is 0 Å². The van der Waals surface area contributed by atoms with Crippen LogP contribution in [0.5, 0.6) is 5.75 Å². The molecule has 0 bridgehead atoms. The van der Waals surface area contributed by atoms with Gasteiger partial charge in [-0.2, -0.15) is 5.10 Å². The number of H-pyrrole nitrogens is 2. The largest absolute Gasteiger partial charge is 0.497 e. The van der Waals surface area contributed by atoms with E-state index in [-0.39, 0.29) is 11.7 Å². The van der Waals surface area contributed by atoms with Crippen LogP contribution in [0.2, 0.25) is 0 Å². The van der Waals surface area contributed by atoms with Crippen molar-refractivity contribution < 1.29 is 13.9 Å². The molecule has 194 valence electrons. The van der Waals surface area contributed by atoms with Crippen molar-refractivity contribution in [1.29, 1.82) is 0 Å². The SMILES string of the molecule is CCCC(=O)Nc1cncc(-c2ccc3[nH]nc(-c4cc5c(-c6cc(F)cc(OC)c6)ccnc5[nH]4)c3c2)c1. The first-order valence-corrected chi connectivity index (χ1v) is 12.6. The molecule has 4 heterocycles. The van der Waals surface area contributed by atoms with E-state index in [4.69, 9.17) is 4.74 Å². The molecule has 6 aromatic rings. The zero-order valence-corrected chi connectivity index (χ0v) is 21.4. The number of amides is 1.